The number of fused-ring (bicyclic) bond motifs is 6. The Morgan fingerprint density at radius 3 is 1.37 bits per heavy atom. The maximum absolute atomic E-state index is 4.71. The first-order valence-corrected chi connectivity index (χ1v) is 12.5. The number of aromatic nitrogens is 6. The third-order valence-corrected chi connectivity index (χ3v) is 7.10. The third kappa shape index (κ3) is 3.01. The van der Waals surface area contributed by atoms with Gasteiger partial charge < -0.3 is 0 Å². The predicted octanol–water partition coefficient (Wildman–Crippen LogP) is 7.13. The van der Waals surface area contributed by atoms with E-state index in [2.05, 4.69) is 91.9 Å². The van der Waals surface area contributed by atoms with Gasteiger partial charge in [-0.3, -0.25) is 19.1 Å². The fraction of sp³-hybridized carbons (Fsp3) is 0. The number of hydrogen-bond acceptors (Lipinski definition) is 4. The zero-order valence-electron chi connectivity index (χ0n) is 20.2. The van der Waals surface area contributed by atoms with Crippen molar-refractivity contribution in [1.29, 1.82) is 0 Å². The number of pyridine rings is 4. The van der Waals surface area contributed by atoms with Crippen LogP contribution < -0.4 is 0 Å². The summed E-state index contributed by atoms with van der Waals surface area (Å²) in [5.74, 6) is 0. The molecule has 0 aliphatic carbocycles. The molecule has 6 nitrogen and oxygen atoms in total. The van der Waals surface area contributed by atoms with Crippen LogP contribution in [-0.2, 0) is 0 Å². The summed E-state index contributed by atoms with van der Waals surface area (Å²) < 4.78 is 4.38. The fourth-order valence-corrected chi connectivity index (χ4v) is 5.49. The van der Waals surface area contributed by atoms with E-state index < -0.39 is 0 Å². The van der Waals surface area contributed by atoms with E-state index in [9.17, 15) is 0 Å². The number of benzene rings is 2. The topological polar surface area (TPSA) is 61.4 Å². The van der Waals surface area contributed by atoms with E-state index in [0.29, 0.717) is 0 Å². The van der Waals surface area contributed by atoms with Crippen LogP contribution in [0, 0.1) is 0 Å². The van der Waals surface area contributed by atoms with Gasteiger partial charge in [0, 0.05) is 46.9 Å². The SMILES string of the molecule is c1cc(-c2cccc(-n3c4cccnc4c4cccnc43)c2)cc(-n2c3cccnc3c3cccnc32)c1. The zero-order valence-corrected chi connectivity index (χ0v) is 20.2. The molecule has 0 radical (unpaired) electrons. The Morgan fingerprint density at radius 1 is 0.421 bits per heavy atom. The van der Waals surface area contributed by atoms with Crippen LogP contribution in [0.1, 0.15) is 0 Å². The summed E-state index contributed by atoms with van der Waals surface area (Å²) in [5.41, 5.74) is 10.1. The second kappa shape index (κ2) is 8.08. The van der Waals surface area contributed by atoms with Crippen molar-refractivity contribution in [3.63, 3.8) is 0 Å². The summed E-state index contributed by atoms with van der Waals surface area (Å²) >= 11 is 0. The standard InChI is InChI=1S/C32H20N6/c1-7-21(19-23(9-1)37-27-13-5-15-33-29(27)25-11-3-17-35-31(25)37)22-8-2-10-24(20-22)38-28-14-6-16-34-30(28)26-12-4-18-36-32(26)38/h1-20H. The second-order valence-electron chi connectivity index (χ2n) is 9.26. The summed E-state index contributed by atoms with van der Waals surface area (Å²) in [6, 6.07) is 33.4. The van der Waals surface area contributed by atoms with Crippen LogP contribution in [0.5, 0.6) is 0 Å². The first-order chi connectivity index (χ1) is 18.9. The second-order valence-corrected chi connectivity index (χ2v) is 9.26. The summed E-state index contributed by atoms with van der Waals surface area (Å²) in [5, 5.41) is 2.09. The van der Waals surface area contributed by atoms with Gasteiger partial charge in [-0.2, -0.15) is 0 Å². The molecular formula is C32H20N6. The van der Waals surface area contributed by atoms with Crippen LogP contribution in [-0.4, -0.2) is 29.1 Å². The van der Waals surface area contributed by atoms with Gasteiger partial charge in [0.05, 0.1) is 22.1 Å². The van der Waals surface area contributed by atoms with Gasteiger partial charge in [-0.1, -0.05) is 24.3 Å². The van der Waals surface area contributed by atoms with Crippen molar-refractivity contribution in [2.45, 2.75) is 0 Å². The van der Waals surface area contributed by atoms with Gasteiger partial charge in [0.15, 0.2) is 0 Å². The molecule has 6 heteroatoms. The minimum absolute atomic E-state index is 0.899. The quantitative estimate of drug-likeness (QED) is 0.265. The molecule has 0 saturated carbocycles. The predicted molar refractivity (Wildman–Crippen MR) is 152 cm³/mol. The van der Waals surface area contributed by atoms with Crippen LogP contribution in [0.4, 0.5) is 0 Å². The smallest absolute Gasteiger partial charge is 0.147 e. The average molecular weight is 489 g/mol. The van der Waals surface area contributed by atoms with E-state index in [4.69, 9.17) is 9.97 Å². The molecule has 8 aromatic rings. The highest BCUT2D eigenvalue weighted by molar-refractivity contribution is 6.06. The highest BCUT2D eigenvalue weighted by Gasteiger charge is 2.16. The molecule has 0 N–H and O–H groups in total. The lowest BCUT2D eigenvalue weighted by Gasteiger charge is -2.12. The van der Waals surface area contributed by atoms with Crippen LogP contribution in [0.15, 0.2) is 122 Å². The lowest BCUT2D eigenvalue weighted by Crippen LogP contribution is -1.97. The molecule has 0 aliphatic rings. The Morgan fingerprint density at radius 2 is 0.868 bits per heavy atom. The average Bonchev–Trinajstić information content (AvgIpc) is 3.51. The molecule has 178 valence electrons. The zero-order chi connectivity index (χ0) is 25.1. The molecule has 0 spiro atoms. The fourth-order valence-electron chi connectivity index (χ4n) is 5.49. The van der Waals surface area contributed by atoms with Crippen LogP contribution in [0.2, 0.25) is 0 Å². The first-order valence-electron chi connectivity index (χ1n) is 12.5. The first kappa shape index (κ1) is 20.8. The largest absolute Gasteiger partial charge is 0.292 e. The van der Waals surface area contributed by atoms with Crippen molar-refractivity contribution in [1.82, 2.24) is 29.1 Å². The Bertz CT molecular complexity index is 1890. The van der Waals surface area contributed by atoms with Crippen molar-refractivity contribution in [3.05, 3.63) is 122 Å². The van der Waals surface area contributed by atoms with Gasteiger partial charge in [-0.25, -0.2) is 9.97 Å². The Labute approximate surface area is 217 Å². The lowest BCUT2D eigenvalue weighted by molar-refractivity contribution is 1.13. The molecule has 2 aromatic carbocycles. The third-order valence-electron chi connectivity index (χ3n) is 7.10. The molecule has 0 bridgehead atoms. The normalized spacial score (nSPS) is 11.7. The molecule has 6 aromatic heterocycles. The highest BCUT2D eigenvalue weighted by Crippen LogP contribution is 2.33. The van der Waals surface area contributed by atoms with Crippen molar-refractivity contribution in [2.24, 2.45) is 0 Å². The van der Waals surface area contributed by atoms with Gasteiger partial charge in [0.25, 0.3) is 0 Å². The molecule has 0 aliphatic heterocycles. The Balaban J connectivity index is 1.32. The minimum Gasteiger partial charge on any atom is -0.292 e. The van der Waals surface area contributed by atoms with Crippen LogP contribution in [0.3, 0.4) is 0 Å². The van der Waals surface area contributed by atoms with E-state index in [1.807, 2.05) is 49.1 Å². The number of rotatable bonds is 3. The van der Waals surface area contributed by atoms with Gasteiger partial charge in [-0.05, 0) is 83.9 Å². The monoisotopic (exact) mass is 488 g/mol. The van der Waals surface area contributed by atoms with Gasteiger partial charge in [0.1, 0.15) is 11.3 Å². The molecular weight excluding hydrogens is 468 g/mol. The maximum Gasteiger partial charge on any atom is 0.147 e. The summed E-state index contributed by atoms with van der Waals surface area (Å²) in [4.78, 5) is 18.7. The van der Waals surface area contributed by atoms with Crippen molar-refractivity contribution >= 4 is 44.1 Å². The molecule has 0 fully saturated rings. The lowest BCUT2D eigenvalue weighted by atomic mass is 10.0. The van der Waals surface area contributed by atoms with E-state index in [0.717, 1.165) is 66.6 Å². The molecule has 0 atom stereocenters. The van der Waals surface area contributed by atoms with Gasteiger partial charge in [-0.15, -0.1) is 0 Å². The summed E-state index contributed by atoms with van der Waals surface area (Å²) in [7, 11) is 0. The summed E-state index contributed by atoms with van der Waals surface area (Å²) in [6.07, 6.45) is 7.33. The molecule has 0 amide bonds. The summed E-state index contributed by atoms with van der Waals surface area (Å²) in [6.45, 7) is 0. The molecule has 38 heavy (non-hydrogen) atoms. The maximum atomic E-state index is 4.71. The van der Waals surface area contributed by atoms with Crippen molar-refractivity contribution < 1.29 is 0 Å². The van der Waals surface area contributed by atoms with E-state index in [1.165, 1.54) is 0 Å². The Kier molecular flexibility index (Phi) is 4.42. The number of nitrogens with zero attached hydrogens (tertiary/aromatic N) is 6. The van der Waals surface area contributed by atoms with Crippen molar-refractivity contribution in [2.75, 3.05) is 0 Å². The molecule has 8 rings (SSSR count). The molecule has 6 heterocycles. The van der Waals surface area contributed by atoms with Crippen molar-refractivity contribution in [3.8, 4) is 22.5 Å². The number of hydrogen-bond donors (Lipinski definition) is 0. The molecule has 0 saturated heterocycles. The van der Waals surface area contributed by atoms with Crippen LogP contribution >= 0.6 is 0 Å². The van der Waals surface area contributed by atoms with Gasteiger partial charge in [0.2, 0.25) is 0 Å². The Hall–Kier alpha value is -5.36. The minimum atomic E-state index is 0.899. The van der Waals surface area contributed by atoms with Crippen LogP contribution in [0.25, 0.3) is 66.6 Å². The highest BCUT2D eigenvalue weighted by atomic mass is 15.1. The van der Waals surface area contributed by atoms with E-state index in [-0.39, 0.29) is 0 Å². The molecule has 0 unspecified atom stereocenters. The van der Waals surface area contributed by atoms with E-state index in [1.54, 1.807) is 0 Å². The van der Waals surface area contributed by atoms with Gasteiger partial charge >= 0.3 is 0 Å². The van der Waals surface area contributed by atoms with E-state index >= 15 is 0 Å².